The molecule has 2 heterocycles. The molecule has 32 heavy (non-hydrogen) atoms. The largest absolute Gasteiger partial charge is 0.477 e. The second kappa shape index (κ2) is 8.10. The molecule has 1 saturated heterocycles. The van der Waals surface area contributed by atoms with E-state index >= 15 is 0 Å². The van der Waals surface area contributed by atoms with Crippen LogP contribution < -0.4 is 4.74 Å². The molecule has 1 aliphatic heterocycles. The van der Waals surface area contributed by atoms with Gasteiger partial charge in [-0.2, -0.15) is 13.2 Å². The van der Waals surface area contributed by atoms with Crippen LogP contribution in [0.5, 0.6) is 5.88 Å². The van der Waals surface area contributed by atoms with Gasteiger partial charge in [0.25, 0.3) is 0 Å². The van der Waals surface area contributed by atoms with Crippen molar-refractivity contribution in [1.29, 1.82) is 0 Å². The van der Waals surface area contributed by atoms with Gasteiger partial charge >= 0.3 is 12.3 Å². The number of rotatable bonds is 4. The van der Waals surface area contributed by atoms with E-state index in [-0.39, 0.29) is 36.7 Å². The molecule has 178 valence electrons. The number of piperidine rings is 1. The van der Waals surface area contributed by atoms with Crippen LogP contribution in [0.2, 0.25) is 0 Å². The molecular formula is C24H33F3N2O3. The predicted molar refractivity (Wildman–Crippen MR) is 114 cm³/mol. The van der Waals surface area contributed by atoms with Gasteiger partial charge in [-0.1, -0.05) is 6.07 Å². The van der Waals surface area contributed by atoms with Gasteiger partial charge < -0.3 is 14.4 Å². The summed E-state index contributed by atoms with van der Waals surface area (Å²) in [5.74, 6) is 0.689. The van der Waals surface area contributed by atoms with Gasteiger partial charge in [0.2, 0.25) is 5.88 Å². The van der Waals surface area contributed by atoms with Gasteiger partial charge in [0, 0.05) is 36.2 Å². The van der Waals surface area contributed by atoms with Crippen LogP contribution in [-0.2, 0) is 4.74 Å². The van der Waals surface area contributed by atoms with E-state index in [0.717, 1.165) is 18.5 Å². The summed E-state index contributed by atoms with van der Waals surface area (Å²) in [7, 11) is 0. The number of amides is 1. The Hall–Kier alpha value is -1.99. The summed E-state index contributed by atoms with van der Waals surface area (Å²) in [6.45, 7) is 7.06. The van der Waals surface area contributed by atoms with Gasteiger partial charge in [-0.05, 0) is 71.8 Å². The van der Waals surface area contributed by atoms with Crippen LogP contribution >= 0.6 is 0 Å². The van der Waals surface area contributed by atoms with E-state index in [1.165, 1.54) is 0 Å². The van der Waals surface area contributed by atoms with Crippen molar-refractivity contribution in [1.82, 2.24) is 9.88 Å². The maximum atomic E-state index is 13.5. The molecule has 5 nitrogen and oxygen atoms in total. The van der Waals surface area contributed by atoms with E-state index < -0.39 is 17.2 Å². The number of aromatic nitrogens is 1. The third-order valence-corrected chi connectivity index (χ3v) is 7.42. The quantitative estimate of drug-likeness (QED) is 0.553. The van der Waals surface area contributed by atoms with Crippen molar-refractivity contribution >= 4 is 6.09 Å². The molecule has 0 atom stereocenters. The van der Waals surface area contributed by atoms with Crippen molar-refractivity contribution in [3.63, 3.8) is 0 Å². The van der Waals surface area contributed by atoms with Crippen LogP contribution in [0, 0.1) is 10.8 Å². The van der Waals surface area contributed by atoms with Gasteiger partial charge in [-0.25, -0.2) is 9.78 Å². The average molecular weight is 455 g/mol. The van der Waals surface area contributed by atoms with Gasteiger partial charge in [0.05, 0.1) is 12.0 Å². The summed E-state index contributed by atoms with van der Waals surface area (Å²) >= 11 is 0. The van der Waals surface area contributed by atoms with Gasteiger partial charge in [-0.3, -0.25) is 0 Å². The monoisotopic (exact) mass is 454 g/mol. The zero-order valence-corrected chi connectivity index (χ0v) is 19.1. The molecule has 0 spiro atoms. The Kier molecular flexibility index (Phi) is 5.87. The number of alkyl halides is 3. The fourth-order valence-electron chi connectivity index (χ4n) is 5.56. The summed E-state index contributed by atoms with van der Waals surface area (Å²) < 4.78 is 51.9. The molecular weight excluding hydrogens is 421 g/mol. The van der Waals surface area contributed by atoms with E-state index in [1.54, 1.807) is 11.0 Å². The lowest BCUT2D eigenvalue weighted by Gasteiger charge is -2.33. The minimum Gasteiger partial charge on any atom is -0.477 e. The first kappa shape index (κ1) is 23.2. The Labute approximate surface area is 187 Å². The van der Waals surface area contributed by atoms with Crippen molar-refractivity contribution in [3.8, 4) is 5.88 Å². The highest BCUT2D eigenvalue weighted by molar-refractivity contribution is 5.68. The van der Waals surface area contributed by atoms with Crippen LogP contribution in [0.3, 0.4) is 0 Å². The fourth-order valence-corrected chi connectivity index (χ4v) is 5.56. The number of halogens is 3. The highest BCUT2D eigenvalue weighted by Crippen LogP contribution is 2.67. The molecule has 3 aliphatic rings. The maximum absolute atomic E-state index is 13.5. The third kappa shape index (κ3) is 4.69. The molecule has 1 amide bonds. The van der Waals surface area contributed by atoms with Crippen LogP contribution in [0.25, 0.3) is 0 Å². The second-order valence-electron chi connectivity index (χ2n) is 10.9. The Morgan fingerprint density at radius 2 is 1.78 bits per heavy atom. The molecule has 2 aliphatic carbocycles. The number of ether oxygens (including phenoxy) is 2. The predicted octanol–water partition coefficient (Wildman–Crippen LogP) is 6.09. The highest BCUT2D eigenvalue weighted by atomic mass is 19.4. The topological polar surface area (TPSA) is 51.7 Å². The Morgan fingerprint density at radius 3 is 2.34 bits per heavy atom. The summed E-state index contributed by atoms with van der Waals surface area (Å²) in [6.07, 6.45) is -1.12. The van der Waals surface area contributed by atoms with Crippen molar-refractivity contribution in [2.45, 2.75) is 83.4 Å². The lowest BCUT2D eigenvalue weighted by atomic mass is 9.82. The first-order chi connectivity index (χ1) is 14.9. The summed E-state index contributed by atoms with van der Waals surface area (Å²) in [6, 6.07) is 5.62. The van der Waals surface area contributed by atoms with Crippen LogP contribution in [0.1, 0.15) is 77.3 Å². The minimum atomic E-state index is -4.13. The number of carbonyl (C=O) groups excluding carboxylic acids is 1. The first-order valence-electron chi connectivity index (χ1n) is 11.5. The van der Waals surface area contributed by atoms with E-state index in [4.69, 9.17) is 9.47 Å². The van der Waals surface area contributed by atoms with Crippen molar-refractivity contribution in [2.24, 2.45) is 10.8 Å². The molecule has 3 fully saturated rings. The zero-order valence-electron chi connectivity index (χ0n) is 19.1. The zero-order chi connectivity index (χ0) is 23.2. The smallest absolute Gasteiger partial charge is 0.410 e. The number of hydrogen-bond acceptors (Lipinski definition) is 4. The number of fused-ring (bicyclic) bond motifs is 2. The van der Waals surface area contributed by atoms with E-state index in [2.05, 4.69) is 4.98 Å². The number of carbonyl (C=O) groups is 1. The first-order valence-corrected chi connectivity index (χ1v) is 11.5. The number of hydrogen-bond donors (Lipinski definition) is 0. The number of pyridine rings is 1. The third-order valence-electron chi connectivity index (χ3n) is 7.42. The molecule has 4 rings (SSSR count). The molecule has 1 aromatic heterocycles. The molecule has 0 N–H and O–H groups in total. The Balaban J connectivity index is 1.32. The normalized spacial score (nSPS) is 28.8. The summed E-state index contributed by atoms with van der Waals surface area (Å²) in [5, 5.41) is 0. The lowest BCUT2D eigenvalue weighted by molar-refractivity contribution is -0.220. The Morgan fingerprint density at radius 1 is 1.12 bits per heavy atom. The standard InChI is InChI=1S/C24H33F3N2O3/c1-21(2,3)32-20(30)29-13-7-17(8-14-29)18-5-4-6-19(28-18)31-16-22-9-11-23(15-22,12-10-22)24(25,26)27/h4-6,17H,7-16H2,1-3H3. The molecule has 0 radical (unpaired) electrons. The summed E-state index contributed by atoms with van der Waals surface area (Å²) in [5.41, 5.74) is -1.50. The van der Waals surface area contributed by atoms with Crippen molar-refractivity contribution < 1.29 is 27.4 Å². The van der Waals surface area contributed by atoms with Crippen molar-refractivity contribution in [3.05, 3.63) is 23.9 Å². The maximum Gasteiger partial charge on any atom is 0.410 e. The van der Waals surface area contributed by atoms with Crippen molar-refractivity contribution in [2.75, 3.05) is 19.7 Å². The molecule has 2 saturated carbocycles. The van der Waals surface area contributed by atoms with Crippen LogP contribution in [0.4, 0.5) is 18.0 Å². The SMILES string of the molecule is CC(C)(C)OC(=O)N1CCC(c2cccc(OCC34CCC(C(F)(F)F)(CC3)C4)n2)CC1. The lowest BCUT2D eigenvalue weighted by Crippen LogP contribution is -2.41. The molecule has 2 bridgehead atoms. The minimum absolute atomic E-state index is 0.173. The van der Waals surface area contributed by atoms with Gasteiger partial charge in [0.15, 0.2) is 0 Å². The Bertz CT molecular complexity index is 834. The number of nitrogens with zero attached hydrogens (tertiary/aromatic N) is 2. The van der Waals surface area contributed by atoms with E-state index in [0.29, 0.717) is 38.4 Å². The highest BCUT2D eigenvalue weighted by Gasteiger charge is 2.66. The fraction of sp³-hybridized carbons (Fsp3) is 0.750. The van der Waals surface area contributed by atoms with Crippen LogP contribution in [0.15, 0.2) is 18.2 Å². The van der Waals surface area contributed by atoms with Gasteiger partial charge in [0.1, 0.15) is 5.60 Å². The number of likely N-dealkylation sites (tertiary alicyclic amines) is 1. The van der Waals surface area contributed by atoms with Gasteiger partial charge in [-0.15, -0.1) is 0 Å². The van der Waals surface area contributed by atoms with E-state index in [9.17, 15) is 18.0 Å². The molecule has 1 aromatic rings. The molecule has 0 unspecified atom stereocenters. The van der Waals surface area contributed by atoms with E-state index in [1.807, 2.05) is 32.9 Å². The average Bonchev–Trinajstić information content (AvgIpc) is 3.30. The van der Waals surface area contributed by atoms with Crippen LogP contribution in [-0.4, -0.2) is 47.5 Å². The summed E-state index contributed by atoms with van der Waals surface area (Å²) in [4.78, 5) is 18.6. The second-order valence-corrected chi connectivity index (χ2v) is 10.9. The molecule has 0 aromatic carbocycles. The molecule has 8 heteroatoms.